The Morgan fingerprint density at radius 3 is 2.56 bits per heavy atom. The van der Waals surface area contributed by atoms with Gasteiger partial charge in [0.25, 0.3) is 0 Å². The first-order chi connectivity index (χ1) is 7.79. The molecule has 88 valence electrons. The lowest BCUT2D eigenvalue weighted by atomic mass is 9.93. The molecule has 1 N–H and O–H groups in total. The van der Waals surface area contributed by atoms with E-state index in [1.807, 2.05) is 0 Å². The van der Waals surface area contributed by atoms with Gasteiger partial charge in [0.05, 0.1) is 6.10 Å². The first-order valence-electron chi connectivity index (χ1n) is 5.81. The lowest BCUT2D eigenvalue weighted by Gasteiger charge is -2.28. The molecule has 0 radical (unpaired) electrons. The first-order valence-corrected chi connectivity index (χ1v) is 5.81. The molecule has 3 heteroatoms. The number of ether oxygens (including phenoxy) is 1. The highest BCUT2D eigenvalue weighted by Crippen LogP contribution is 2.21. The molecule has 0 aromatic heterocycles. The fraction of sp³-hybridized carbons (Fsp3) is 0.538. The smallest absolute Gasteiger partial charge is 0.123 e. The van der Waals surface area contributed by atoms with Crippen molar-refractivity contribution in [2.75, 3.05) is 13.7 Å². The summed E-state index contributed by atoms with van der Waals surface area (Å²) in [7, 11) is 1.69. The van der Waals surface area contributed by atoms with Crippen molar-refractivity contribution in [1.29, 1.82) is 0 Å². The molecule has 0 spiro atoms. The summed E-state index contributed by atoms with van der Waals surface area (Å²) in [5, 5.41) is 3.46. The molecule has 1 aromatic rings. The molecule has 1 aromatic carbocycles. The number of rotatable bonds is 5. The molecule has 0 bridgehead atoms. The van der Waals surface area contributed by atoms with Gasteiger partial charge in [-0.2, -0.15) is 0 Å². The number of halogens is 1. The minimum absolute atomic E-state index is 0.0150. The van der Waals surface area contributed by atoms with Crippen LogP contribution >= 0.6 is 0 Å². The van der Waals surface area contributed by atoms with Gasteiger partial charge in [-0.25, -0.2) is 4.39 Å². The van der Waals surface area contributed by atoms with Gasteiger partial charge in [0.2, 0.25) is 0 Å². The maximum absolute atomic E-state index is 12.8. The van der Waals surface area contributed by atoms with Gasteiger partial charge in [0.15, 0.2) is 0 Å². The average molecular weight is 223 g/mol. The second kappa shape index (κ2) is 5.41. The fourth-order valence-corrected chi connectivity index (χ4v) is 1.90. The highest BCUT2D eigenvalue weighted by atomic mass is 19.1. The van der Waals surface area contributed by atoms with Crippen molar-refractivity contribution in [2.24, 2.45) is 0 Å². The number of nitrogens with one attached hydrogen (secondary N) is 1. The molecule has 0 heterocycles. The lowest BCUT2D eigenvalue weighted by molar-refractivity contribution is 0.0955. The van der Waals surface area contributed by atoms with E-state index < -0.39 is 0 Å². The molecule has 0 amide bonds. The molecule has 1 saturated carbocycles. The van der Waals surface area contributed by atoms with E-state index in [4.69, 9.17) is 4.74 Å². The van der Waals surface area contributed by atoms with Crippen LogP contribution < -0.4 is 5.32 Å². The maximum Gasteiger partial charge on any atom is 0.123 e. The Balaban J connectivity index is 1.90. The van der Waals surface area contributed by atoms with Gasteiger partial charge in [0.1, 0.15) is 5.82 Å². The number of hydrogen-bond acceptors (Lipinski definition) is 2. The molecular formula is C13H18FNO. The van der Waals surface area contributed by atoms with Crippen molar-refractivity contribution in [3.05, 3.63) is 35.6 Å². The average Bonchev–Trinajstić information content (AvgIpc) is 2.24. The van der Waals surface area contributed by atoms with E-state index in [1.165, 1.54) is 31.4 Å². The van der Waals surface area contributed by atoms with Crippen LogP contribution in [0.3, 0.4) is 0 Å². The quantitative estimate of drug-likeness (QED) is 0.828. The third-order valence-corrected chi connectivity index (χ3v) is 3.22. The molecular weight excluding hydrogens is 205 g/mol. The summed E-state index contributed by atoms with van der Waals surface area (Å²) in [5.41, 5.74) is 1.02. The van der Waals surface area contributed by atoms with Crippen molar-refractivity contribution >= 4 is 0 Å². The van der Waals surface area contributed by atoms with E-state index in [1.54, 1.807) is 19.2 Å². The zero-order valence-corrected chi connectivity index (χ0v) is 9.58. The largest absolute Gasteiger partial charge is 0.375 e. The molecule has 1 unspecified atom stereocenters. The van der Waals surface area contributed by atoms with Crippen LogP contribution in [0.15, 0.2) is 24.3 Å². The highest BCUT2D eigenvalue weighted by molar-refractivity contribution is 5.19. The van der Waals surface area contributed by atoms with E-state index in [2.05, 4.69) is 5.32 Å². The van der Waals surface area contributed by atoms with Crippen molar-refractivity contribution in [2.45, 2.75) is 31.4 Å². The third kappa shape index (κ3) is 2.80. The Morgan fingerprint density at radius 2 is 2.06 bits per heavy atom. The van der Waals surface area contributed by atoms with E-state index >= 15 is 0 Å². The van der Waals surface area contributed by atoms with Gasteiger partial charge in [0, 0.05) is 19.7 Å². The molecule has 1 atom stereocenters. The minimum Gasteiger partial charge on any atom is -0.375 e. The molecule has 16 heavy (non-hydrogen) atoms. The Bertz CT molecular complexity index is 321. The van der Waals surface area contributed by atoms with E-state index in [0.29, 0.717) is 6.04 Å². The van der Waals surface area contributed by atoms with Crippen molar-refractivity contribution in [1.82, 2.24) is 5.32 Å². The summed E-state index contributed by atoms with van der Waals surface area (Å²) in [5.74, 6) is -0.203. The van der Waals surface area contributed by atoms with Gasteiger partial charge in [-0.1, -0.05) is 18.6 Å². The Kier molecular flexibility index (Phi) is 3.91. The van der Waals surface area contributed by atoms with Crippen LogP contribution in [0.2, 0.25) is 0 Å². The number of hydrogen-bond donors (Lipinski definition) is 1. The summed E-state index contributed by atoms with van der Waals surface area (Å²) in [4.78, 5) is 0. The molecule has 2 nitrogen and oxygen atoms in total. The maximum atomic E-state index is 12.8. The van der Waals surface area contributed by atoms with Gasteiger partial charge >= 0.3 is 0 Å². The van der Waals surface area contributed by atoms with E-state index in [-0.39, 0.29) is 11.9 Å². The van der Waals surface area contributed by atoms with Crippen LogP contribution in [0.4, 0.5) is 4.39 Å². The zero-order chi connectivity index (χ0) is 11.4. The first kappa shape index (κ1) is 11.6. The standard InChI is InChI=1S/C13H18FNO/c1-16-13(9-15-12-3-2-4-12)10-5-7-11(14)8-6-10/h5-8,12-13,15H,2-4,9H2,1H3. The molecule has 0 saturated heterocycles. The predicted octanol–water partition coefficient (Wildman–Crippen LogP) is 2.66. The molecule has 1 aliphatic rings. The third-order valence-electron chi connectivity index (χ3n) is 3.22. The SMILES string of the molecule is COC(CNC1CCC1)c1ccc(F)cc1. The summed E-state index contributed by atoms with van der Waals surface area (Å²) in [6.07, 6.45) is 3.87. The van der Waals surface area contributed by atoms with E-state index in [0.717, 1.165) is 12.1 Å². The summed E-state index contributed by atoms with van der Waals surface area (Å²) in [6, 6.07) is 7.17. The van der Waals surface area contributed by atoms with Gasteiger partial charge in [-0.15, -0.1) is 0 Å². The lowest BCUT2D eigenvalue weighted by Crippen LogP contribution is -2.37. The van der Waals surface area contributed by atoms with Gasteiger partial charge in [-0.3, -0.25) is 0 Å². The Labute approximate surface area is 95.8 Å². The summed E-state index contributed by atoms with van der Waals surface area (Å²) >= 11 is 0. The van der Waals surface area contributed by atoms with Crippen LogP contribution in [0, 0.1) is 5.82 Å². The van der Waals surface area contributed by atoms with Crippen LogP contribution in [-0.2, 0) is 4.74 Å². The molecule has 0 aliphatic heterocycles. The van der Waals surface area contributed by atoms with E-state index in [9.17, 15) is 4.39 Å². The van der Waals surface area contributed by atoms with Crippen LogP contribution in [0.1, 0.15) is 30.9 Å². The highest BCUT2D eigenvalue weighted by Gasteiger charge is 2.19. The molecule has 2 rings (SSSR count). The number of methoxy groups -OCH3 is 1. The van der Waals surface area contributed by atoms with Crippen LogP contribution in [0.25, 0.3) is 0 Å². The summed E-state index contributed by atoms with van der Waals surface area (Å²) in [6.45, 7) is 0.798. The van der Waals surface area contributed by atoms with Gasteiger partial charge < -0.3 is 10.1 Å². The predicted molar refractivity (Wildman–Crippen MR) is 61.8 cm³/mol. The van der Waals surface area contributed by atoms with Crippen molar-refractivity contribution < 1.29 is 9.13 Å². The zero-order valence-electron chi connectivity index (χ0n) is 9.58. The second-order valence-corrected chi connectivity index (χ2v) is 4.31. The molecule has 1 aliphatic carbocycles. The van der Waals surface area contributed by atoms with Gasteiger partial charge in [-0.05, 0) is 30.5 Å². The van der Waals surface area contributed by atoms with Crippen LogP contribution in [0.5, 0.6) is 0 Å². The molecule has 1 fully saturated rings. The Hall–Kier alpha value is -0.930. The van der Waals surface area contributed by atoms with Crippen molar-refractivity contribution in [3.8, 4) is 0 Å². The topological polar surface area (TPSA) is 21.3 Å². The Morgan fingerprint density at radius 1 is 1.38 bits per heavy atom. The number of benzene rings is 1. The second-order valence-electron chi connectivity index (χ2n) is 4.31. The normalized spacial score (nSPS) is 18.1. The monoisotopic (exact) mass is 223 g/mol. The summed E-state index contributed by atoms with van der Waals surface area (Å²) < 4.78 is 18.2. The van der Waals surface area contributed by atoms with Crippen LogP contribution in [-0.4, -0.2) is 19.7 Å². The fourth-order valence-electron chi connectivity index (χ4n) is 1.90. The minimum atomic E-state index is -0.203. The van der Waals surface area contributed by atoms with Crippen molar-refractivity contribution in [3.63, 3.8) is 0 Å².